The molecule has 0 aromatic carbocycles. The summed E-state index contributed by atoms with van der Waals surface area (Å²) in [6.07, 6.45) is 0.692. The number of hydrogen-bond donors (Lipinski definition) is 1. The normalized spacial score (nSPS) is 46.1. The molecule has 0 aromatic heterocycles. The van der Waals surface area contributed by atoms with E-state index in [-0.39, 0.29) is 16.8 Å². The van der Waals surface area contributed by atoms with E-state index in [9.17, 15) is 5.11 Å². The van der Waals surface area contributed by atoms with Gasteiger partial charge in [0.25, 0.3) is 0 Å². The second kappa shape index (κ2) is 4.28. The van der Waals surface area contributed by atoms with Crippen LogP contribution in [0.1, 0.15) is 20.3 Å². The molecule has 3 heterocycles. The van der Waals surface area contributed by atoms with Crippen LogP contribution in [0.15, 0.2) is 0 Å². The van der Waals surface area contributed by atoms with E-state index < -0.39 is 11.6 Å². The van der Waals surface area contributed by atoms with Gasteiger partial charge in [0.2, 0.25) is 5.79 Å². The monoisotopic (exact) mass is 278 g/mol. The lowest BCUT2D eigenvalue weighted by Gasteiger charge is -2.36. The van der Waals surface area contributed by atoms with E-state index in [4.69, 9.17) is 14.2 Å². The highest BCUT2D eigenvalue weighted by atomic mass is 32.2. The fourth-order valence-electron chi connectivity index (χ4n) is 2.53. The van der Waals surface area contributed by atoms with E-state index in [2.05, 4.69) is 0 Å². The Morgan fingerprint density at radius 2 is 1.88 bits per heavy atom. The lowest BCUT2D eigenvalue weighted by molar-refractivity contribution is -0.251. The van der Waals surface area contributed by atoms with Crippen molar-refractivity contribution < 1.29 is 19.3 Å². The molecule has 6 heteroatoms. The summed E-state index contributed by atoms with van der Waals surface area (Å²) in [7, 11) is 0. The van der Waals surface area contributed by atoms with Crippen LogP contribution in [0.2, 0.25) is 0 Å². The Morgan fingerprint density at radius 3 is 2.59 bits per heavy atom. The summed E-state index contributed by atoms with van der Waals surface area (Å²) in [6, 6.07) is 0. The first kappa shape index (κ1) is 12.6. The highest BCUT2D eigenvalue weighted by Crippen LogP contribution is 2.48. The molecule has 0 aromatic rings. The molecule has 98 valence electrons. The van der Waals surface area contributed by atoms with Crippen LogP contribution in [0.3, 0.4) is 0 Å². The van der Waals surface area contributed by atoms with Gasteiger partial charge in [0.15, 0.2) is 5.79 Å². The molecule has 3 aliphatic heterocycles. The van der Waals surface area contributed by atoms with Gasteiger partial charge in [-0.2, -0.15) is 0 Å². The van der Waals surface area contributed by atoms with Gasteiger partial charge in [-0.3, -0.25) is 0 Å². The minimum absolute atomic E-state index is 0.0312. The molecule has 0 amide bonds. The molecular formula is C11H18O4S2. The Bertz CT molecular complexity index is 306. The standard InChI is InChI=1S/C11H18O4S2/c1-10(2)14-7-6-13-11(12,8(7)15-10)9-16-4-3-5-17-9/h7-9,12H,3-6H2,1-2H3/t7-,8-,11+/m1/s1. The van der Waals surface area contributed by atoms with Crippen LogP contribution in [0.25, 0.3) is 0 Å². The molecule has 1 N–H and O–H groups in total. The molecule has 0 saturated carbocycles. The SMILES string of the molecule is CC1(C)O[C@@H]2[C@@H](CO[C@]2(O)C2SCCCS2)O1. The van der Waals surface area contributed by atoms with Crippen LogP contribution >= 0.6 is 23.5 Å². The highest BCUT2D eigenvalue weighted by Gasteiger charge is 2.61. The van der Waals surface area contributed by atoms with Crippen molar-refractivity contribution in [2.45, 2.75) is 48.6 Å². The van der Waals surface area contributed by atoms with Crippen LogP contribution in [0.4, 0.5) is 0 Å². The number of fused-ring (bicyclic) bond motifs is 1. The van der Waals surface area contributed by atoms with Crippen molar-refractivity contribution in [2.75, 3.05) is 18.1 Å². The summed E-state index contributed by atoms with van der Waals surface area (Å²) >= 11 is 3.52. The van der Waals surface area contributed by atoms with Crippen molar-refractivity contribution in [3.8, 4) is 0 Å². The van der Waals surface area contributed by atoms with E-state index >= 15 is 0 Å². The van der Waals surface area contributed by atoms with Crippen LogP contribution in [-0.4, -0.2) is 51.6 Å². The van der Waals surface area contributed by atoms with Crippen molar-refractivity contribution in [2.24, 2.45) is 0 Å². The Morgan fingerprint density at radius 1 is 1.18 bits per heavy atom. The Kier molecular flexibility index (Phi) is 3.17. The van der Waals surface area contributed by atoms with Crippen LogP contribution in [0.5, 0.6) is 0 Å². The molecule has 4 nitrogen and oxygen atoms in total. The van der Waals surface area contributed by atoms with Crippen LogP contribution in [0, 0.1) is 0 Å². The lowest BCUT2D eigenvalue weighted by atomic mass is 10.1. The van der Waals surface area contributed by atoms with Crippen molar-refractivity contribution >= 4 is 23.5 Å². The number of hydrogen-bond acceptors (Lipinski definition) is 6. The highest BCUT2D eigenvalue weighted by molar-refractivity contribution is 8.17. The third kappa shape index (κ3) is 2.13. The maximum absolute atomic E-state index is 10.7. The zero-order valence-electron chi connectivity index (χ0n) is 10.0. The van der Waals surface area contributed by atoms with Gasteiger partial charge in [0, 0.05) is 0 Å². The third-order valence-electron chi connectivity index (χ3n) is 3.23. The number of thioether (sulfide) groups is 2. The summed E-state index contributed by atoms with van der Waals surface area (Å²) in [6.45, 7) is 4.18. The molecule has 17 heavy (non-hydrogen) atoms. The largest absolute Gasteiger partial charge is 0.362 e. The van der Waals surface area contributed by atoms with Gasteiger partial charge in [0.1, 0.15) is 16.8 Å². The fraction of sp³-hybridized carbons (Fsp3) is 1.00. The molecule has 0 radical (unpaired) electrons. The molecule has 0 aliphatic carbocycles. The average molecular weight is 278 g/mol. The maximum atomic E-state index is 10.7. The molecule has 3 saturated heterocycles. The van der Waals surface area contributed by atoms with Crippen molar-refractivity contribution in [3.63, 3.8) is 0 Å². The first-order valence-corrected chi connectivity index (χ1v) is 8.06. The lowest BCUT2D eigenvalue weighted by Crippen LogP contribution is -2.50. The molecule has 0 bridgehead atoms. The smallest absolute Gasteiger partial charge is 0.216 e. The summed E-state index contributed by atoms with van der Waals surface area (Å²) < 4.78 is 17.2. The van der Waals surface area contributed by atoms with Gasteiger partial charge in [-0.1, -0.05) is 0 Å². The first-order chi connectivity index (χ1) is 8.01. The van der Waals surface area contributed by atoms with Crippen molar-refractivity contribution in [3.05, 3.63) is 0 Å². The van der Waals surface area contributed by atoms with Crippen LogP contribution < -0.4 is 0 Å². The van der Waals surface area contributed by atoms with E-state index in [0.29, 0.717) is 6.61 Å². The molecule has 3 rings (SSSR count). The van der Waals surface area contributed by atoms with Crippen LogP contribution in [-0.2, 0) is 14.2 Å². The Hall–Kier alpha value is 0.540. The van der Waals surface area contributed by atoms with Gasteiger partial charge in [0.05, 0.1) is 6.61 Å². The van der Waals surface area contributed by atoms with Crippen molar-refractivity contribution in [1.82, 2.24) is 0 Å². The van der Waals surface area contributed by atoms with Gasteiger partial charge in [-0.15, -0.1) is 23.5 Å². The number of aliphatic hydroxyl groups is 1. The minimum atomic E-state index is -1.20. The van der Waals surface area contributed by atoms with Gasteiger partial charge in [-0.05, 0) is 31.8 Å². The Labute approximate surface area is 110 Å². The summed E-state index contributed by atoms with van der Waals surface area (Å²) in [5.74, 6) is 0.335. The minimum Gasteiger partial charge on any atom is -0.362 e. The quantitative estimate of drug-likeness (QED) is 0.783. The second-order valence-corrected chi connectivity index (χ2v) is 7.81. The zero-order chi connectivity index (χ0) is 12.1. The molecule has 0 unspecified atom stereocenters. The first-order valence-electron chi connectivity index (χ1n) is 5.96. The Balaban J connectivity index is 1.78. The number of rotatable bonds is 1. The summed E-state index contributed by atoms with van der Waals surface area (Å²) in [4.78, 5) is 0. The van der Waals surface area contributed by atoms with Gasteiger partial charge in [-0.25, -0.2) is 0 Å². The topological polar surface area (TPSA) is 47.9 Å². The fourth-order valence-corrected chi connectivity index (χ4v) is 5.61. The second-order valence-electron chi connectivity index (χ2n) is 5.08. The average Bonchev–Trinajstić information content (AvgIpc) is 2.77. The summed E-state index contributed by atoms with van der Waals surface area (Å²) in [5.41, 5.74) is 0. The maximum Gasteiger partial charge on any atom is 0.216 e. The van der Waals surface area contributed by atoms with E-state index in [1.807, 2.05) is 13.8 Å². The predicted molar refractivity (Wildman–Crippen MR) is 68.0 cm³/mol. The molecule has 3 aliphatic rings. The molecule has 3 atom stereocenters. The van der Waals surface area contributed by atoms with Gasteiger partial charge < -0.3 is 19.3 Å². The van der Waals surface area contributed by atoms with Crippen molar-refractivity contribution in [1.29, 1.82) is 0 Å². The molecule has 0 spiro atoms. The van der Waals surface area contributed by atoms with E-state index in [0.717, 1.165) is 11.5 Å². The van der Waals surface area contributed by atoms with E-state index in [1.165, 1.54) is 6.42 Å². The zero-order valence-corrected chi connectivity index (χ0v) is 11.7. The summed E-state index contributed by atoms with van der Waals surface area (Å²) in [5, 5.41) is 10.7. The third-order valence-corrected chi connectivity index (χ3v) is 6.38. The molecule has 3 fully saturated rings. The van der Waals surface area contributed by atoms with Gasteiger partial charge >= 0.3 is 0 Å². The number of ether oxygens (including phenoxy) is 3. The van der Waals surface area contributed by atoms with E-state index in [1.54, 1.807) is 23.5 Å². The molecular weight excluding hydrogens is 260 g/mol. The predicted octanol–water partition coefficient (Wildman–Crippen LogP) is 1.42.